The fraction of sp³-hybridized carbons (Fsp3) is 0.217. The number of nitro groups is 1. The van der Waals surface area contributed by atoms with Crippen LogP contribution in [0.25, 0.3) is 11.8 Å². The first kappa shape index (κ1) is 22.5. The van der Waals surface area contributed by atoms with Gasteiger partial charge in [-0.3, -0.25) is 14.9 Å². The van der Waals surface area contributed by atoms with Gasteiger partial charge in [-0.05, 0) is 49.8 Å². The molecule has 0 aliphatic heterocycles. The monoisotopic (exact) mass is 437 g/mol. The Morgan fingerprint density at radius 1 is 1.03 bits per heavy atom. The van der Waals surface area contributed by atoms with Crippen LogP contribution in [0.4, 0.5) is 5.69 Å². The Labute approximate surface area is 185 Å². The summed E-state index contributed by atoms with van der Waals surface area (Å²) in [4.78, 5) is 23.4. The smallest absolute Gasteiger partial charge is 0.269 e. The lowest BCUT2D eigenvalue weighted by atomic mass is 10.1. The minimum Gasteiger partial charge on any atom is -0.493 e. The van der Waals surface area contributed by atoms with Crippen LogP contribution in [0.1, 0.15) is 27.3 Å². The fourth-order valence-electron chi connectivity index (χ4n) is 3.42. The molecule has 1 aromatic heterocycles. The topological polar surface area (TPSA) is 106 Å². The van der Waals surface area contributed by atoms with Crippen molar-refractivity contribution in [2.24, 2.45) is 0 Å². The highest BCUT2D eigenvalue weighted by Gasteiger charge is 2.19. The molecular weight excluding hydrogens is 414 g/mol. The van der Waals surface area contributed by atoms with E-state index in [1.807, 2.05) is 0 Å². The van der Waals surface area contributed by atoms with Crippen molar-refractivity contribution in [1.29, 1.82) is 0 Å². The standard InChI is InChI=1S/C23H23N3O6/c1-14-22(15(2)25(24-14)17-7-9-18(10-8-17)26(28)29)19(27)11-6-16-12-20(30-3)23(32-5)21(13-16)31-4/h6-13H,1-5H3. The van der Waals surface area contributed by atoms with Crippen molar-refractivity contribution in [2.45, 2.75) is 13.8 Å². The molecule has 0 spiro atoms. The summed E-state index contributed by atoms with van der Waals surface area (Å²) in [6.45, 7) is 3.53. The number of ether oxygens (including phenoxy) is 3. The maximum atomic E-state index is 13.0. The summed E-state index contributed by atoms with van der Waals surface area (Å²) in [5.74, 6) is 1.21. The van der Waals surface area contributed by atoms with Gasteiger partial charge in [0.2, 0.25) is 5.75 Å². The molecule has 0 radical (unpaired) electrons. The van der Waals surface area contributed by atoms with Crippen molar-refractivity contribution >= 4 is 17.5 Å². The number of ketones is 1. The van der Waals surface area contributed by atoms with E-state index in [1.54, 1.807) is 48.9 Å². The Hall–Kier alpha value is -4.14. The number of benzene rings is 2. The van der Waals surface area contributed by atoms with E-state index in [9.17, 15) is 14.9 Å². The third kappa shape index (κ3) is 4.31. The van der Waals surface area contributed by atoms with Gasteiger partial charge in [-0.1, -0.05) is 6.08 Å². The summed E-state index contributed by atoms with van der Waals surface area (Å²) >= 11 is 0. The second-order valence-corrected chi connectivity index (χ2v) is 6.89. The van der Waals surface area contributed by atoms with Crippen LogP contribution in [0.3, 0.4) is 0 Å². The van der Waals surface area contributed by atoms with Gasteiger partial charge in [-0.2, -0.15) is 5.10 Å². The number of hydrogen-bond acceptors (Lipinski definition) is 7. The van der Waals surface area contributed by atoms with Crippen LogP contribution < -0.4 is 14.2 Å². The third-order valence-electron chi connectivity index (χ3n) is 4.96. The number of hydrogen-bond donors (Lipinski definition) is 0. The molecule has 0 bridgehead atoms. The van der Waals surface area contributed by atoms with Crippen molar-refractivity contribution in [3.8, 4) is 22.9 Å². The van der Waals surface area contributed by atoms with Crippen molar-refractivity contribution in [3.05, 3.63) is 75.1 Å². The van der Waals surface area contributed by atoms with E-state index in [4.69, 9.17) is 14.2 Å². The molecule has 0 aliphatic rings. The van der Waals surface area contributed by atoms with Gasteiger partial charge in [0.25, 0.3) is 5.69 Å². The Balaban J connectivity index is 1.92. The zero-order chi connectivity index (χ0) is 23.4. The molecule has 166 valence electrons. The fourth-order valence-corrected chi connectivity index (χ4v) is 3.42. The number of nitro benzene ring substituents is 1. The summed E-state index contributed by atoms with van der Waals surface area (Å²) in [6, 6.07) is 9.47. The highest BCUT2D eigenvalue weighted by atomic mass is 16.6. The van der Waals surface area contributed by atoms with Crippen LogP contribution in [0.15, 0.2) is 42.5 Å². The molecule has 3 aromatic rings. The summed E-state index contributed by atoms with van der Waals surface area (Å²) < 4.78 is 17.6. The molecule has 3 rings (SSSR count). The SMILES string of the molecule is COc1cc(C=CC(=O)c2c(C)nn(-c3ccc([N+](=O)[O-])cc3)c2C)cc(OC)c1OC. The molecule has 0 amide bonds. The van der Waals surface area contributed by atoms with Crippen LogP contribution >= 0.6 is 0 Å². The van der Waals surface area contributed by atoms with Gasteiger partial charge in [0.1, 0.15) is 0 Å². The predicted molar refractivity (Wildman–Crippen MR) is 119 cm³/mol. The van der Waals surface area contributed by atoms with Gasteiger partial charge >= 0.3 is 0 Å². The Morgan fingerprint density at radius 3 is 2.12 bits per heavy atom. The zero-order valence-corrected chi connectivity index (χ0v) is 18.4. The summed E-state index contributed by atoms with van der Waals surface area (Å²) in [5.41, 5.74) is 2.97. The summed E-state index contributed by atoms with van der Waals surface area (Å²) in [6.07, 6.45) is 3.12. The average molecular weight is 437 g/mol. The molecule has 0 saturated carbocycles. The number of aryl methyl sites for hydroxylation is 1. The van der Waals surface area contributed by atoms with Crippen molar-refractivity contribution in [2.75, 3.05) is 21.3 Å². The number of carbonyl (C=O) groups is 1. The van der Waals surface area contributed by atoms with E-state index in [-0.39, 0.29) is 11.5 Å². The van der Waals surface area contributed by atoms with E-state index in [2.05, 4.69) is 5.10 Å². The van der Waals surface area contributed by atoms with Crippen LogP contribution in [0.2, 0.25) is 0 Å². The van der Waals surface area contributed by atoms with Crippen LogP contribution in [-0.2, 0) is 0 Å². The first-order valence-electron chi connectivity index (χ1n) is 9.64. The quantitative estimate of drug-likeness (QED) is 0.224. The van der Waals surface area contributed by atoms with Gasteiger partial charge in [-0.15, -0.1) is 0 Å². The maximum Gasteiger partial charge on any atom is 0.269 e. The van der Waals surface area contributed by atoms with Crippen LogP contribution in [0, 0.1) is 24.0 Å². The number of allylic oxidation sites excluding steroid dienone is 1. The number of carbonyl (C=O) groups excluding carboxylic acids is 1. The van der Waals surface area contributed by atoms with Crippen molar-refractivity contribution < 1.29 is 23.9 Å². The molecule has 9 nitrogen and oxygen atoms in total. The lowest BCUT2D eigenvalue weighted by Crippen LogP contribution is -2.02. The lowest BCUT2D eigenvalue weighted by Gasteiger charge is -2.12. The van der Waals surface area contributed by atoms with Gasteiger partial charge in [0, 0.05) is 12.1 Å². The Bertz CT molecular complexity index is 1170. The number of methoxy groups -OCH3 is 3. The second-order valence-electron chi connectivity index (χ2n) is 6.89. The summed E-state index contributed by atoms with van der Waals surface area (Å²) in [7, 11) is 4.57. The highest BCUT2D eigenvalue weighted by molar-refractivity contribution is 6.08. The Morgan fingerprint density at radius 2 is 1.62 bits per heavy atom. The van der Waals surface area contributed by atoms with Gasteiger partial charge in [-0.25, -0.2) is 4.68 Å². The Kier molecular flexibility index (Phi) is 6.58. The minimum atomic E-state index is -0.464. The van der Waals surface area contributed by atoms with E-state index in [0.29, 0.717) is 45.5 Å². The predicted octanol–water partition coefficient (Wildman–Crippen LogP) is 4.32. The van der Waals surface area contributed by atoms with Crippen LogP contribution in [-0.4, -0.2) is 41.8 Å². The molecular formula is C23H23N3O6. The molecule has 2 aromatic carbocycles. The normalized spacial score (nSPS) is 10.9. The largest absolute Gasteiger partial charge is 0.493 e. The van der Waals surface area contributed by atoms with E-state index in [0.717, 1.165) is 0 Å². The molecule has 0 fully saturated rings. The maximum absolute atomic E-state index is 13.0. The van der Waals surface area contributed by atoms with Crippen molar-refractivity contribution in [3.63, 3.8) is 0 Å². The average Bonchev–Trinajstić information content (AvgIpc) is 3.10. The number of rotatable bonds is 8. The van der Waals surface area contributed by atoms with Gasteiger partial charge in [0.05, 0.1) is 48.9 Å². The molecule has 0 unspecified atom stereocenters. The van der Waals surface area contributed by atoms with Crippen molar-refractivity contribution in [1.82, 2.24) is 9.78 Å². The number of aromatic nitrogens is 2. The highest BCUT2D eigenvalue weighted by Crippen LogP contribution is 2.38. The summed E-state index contributed by atoms with van der Waals surface area (Å²) in [5, 5.41) is 15.3. The minimum absolute atomic E-state index is 0.0140. The first-order valence-corrected chi connectivity index (χ1v) is 9.64. The van der Waals surface area contributed by atoms with Gasteiger partial charge < -0.3 is 14.2 Å². The zero-order valence-electron chi connectivity index (χ0n) is 18.4. The molecule has 9 heteroatoms. The van der Waals surface area contributed by atoms with Crippen LogP contribution in [0.5, 0.6) is 17.2 Å². The molecule has 0 atom stereocenters. The first-order chi connectivity index (χ1) is 15.3. The molecule has 32 heavy (non-hydrogen) atoms. The molecule has 1 heterocycles. The number of nitrogens with zero attached hydrogens (tertiary/aromatic N) is 3. The van der Waals surface area contributed by atoms with E-state index in [1.165, 1.54) is 39.5 Å². The number of non-ortho nitro benzene ring substituents is 1. The third-order valence-corrected chi connectivity index (χ3v) is 4.96. The van der Waals surface area contributed by atoms with E-state index >= 15 is 0 Å². The molecule has 0 N–H and O–H groups in total. The second kappa shape index (κ2) is 9.34. The van der Waals surface area contributed by atoms with Gasteiger partial charge in [0.15, 0.2) is 17.3 Å². The molecule has 0 saturated heterocycles. The molecule has 0 aliphatic carbocycles. The van der Waals surface area contributed by atoms with E-state index < -0.39 is 4.92 Å². The lowest BCUT2D eigenvalue weighted by molar-refractivity contribution is -0.384.